The van der Waals surface area contributed by atoms with E-state index in [0.29, 0.717) is 17.3 Å². The predicted molar refractivity (Wildman–Crippen MR) is 97.0 cm³/mol. The van der Waals surface area contributed by atoms with E-state index in [4.69, 9.17) is 0 Å². The third-order valence-electron chi connectivity index (χ3n) is 3.71. The summed E-state index contributed by atoms with van der Waals surface area (Å²) in [6.45, 7) is 0. The summed E-state index contributed by atoms with van der Waals surface area (Å²) in [7, 11) is 1.78. The van der Waals surface area contributed by atoms with Gasteiger partial charge in [-0.05, 0) is 21.6 Å². The molecule has 7 heteroatoms. The Balaban J connectivity index is 1.64. The van der Waals surface area contributed by atoms with E-state index in [1.807, 2.05) is 60.7 Å². The zero-order valence-electron chi connectivity index (χ0n) is 13.9. The van der Waals surface area contributed by atoms with Crippen LogP contribution in [-0.4, -0.2) is 31.9 Å². The Labute approximate surface area is 150 Å². The molecule has 0 saturated carbocycles. The first-order valence-corrected chi connectivity index (χ1v) is 8.97. The highest BCUT2D eigenvalue weighted by Gasteiger charge is 2.16. The average molecular weight is 353 g/mol. The summed E-state index contributed by atoms with van der Waals surface area (Å²) in [5.41, 5.74) is 2.12. The zero-order chi connectivity index (χ0) is 17.5. The van der Waals surface area contributed by atoms with Gasteiger partial charge in [-0.25, -0.2) is 4.68 Å². The fourth-order valence-corrected chi connectivity index (χ4v) is 3.25. The summed E-state index contributed by atoms with van der Waals surface area (Å²) in [6.07, 6.45) is 0.397. The minimum absolute atomic E-state index is 0.000309. The molecule has 0 spiro atoms. The van der Waals surface area contributed by atoms with Crippen molar-refractivity contribution in [3.05, 3.63) is 71.8 Å². The van der Waals surface area contributed by atoms with Crippen molar-refractivity contribution < 1.29 is 4.79 Å². The summed E-state index contributed by atoms with van der Waals surface area (Å²) in [4.78, 5) is 12.4. The molecule has 3 rings (SSSR count). The number of tetrazole rings is 1. The normalized spacial score (nSPS) is 10.8. The number of aryl methyl sites for hydroxylation is 1. The Morgan fingerprint density at radius 1 is 1.08 bits per heavy atom. The molecule has 1 amide bonds. The van der Waals surface area contributed by atoms with Crippen molar-refractivity contribution in [3.63, 3.8) is 0 Å². The molecule has 1 N–H and O–H groups in total. The highest BCUT2D eigenvalue weighted by molar-refractivity contribution is 7.99. The van der Waals surface area contributed by atoms with Crippen LogP contribution in [0.1, 0.15) is 23.6 Å². The van der Waals surface area contributed by atoms with Crippen molar-refractivity contribution in [2.45, 2.75) is 17.6 Å². The standard InChI is InChI=1S/C18H19N5OS/c1-23-18(20-21-22-23)25-13-12-16(24)19-17(14-8-4-2-5-9-14)15-10-6-3-7-11-15/h2-11,17H,12-13H2,1H3,(H,19,24). The van der Waals surface area contributed by atoms with Crippen LogP contribution in [0.3, 0.4) is 0 Å². The van der Waals surface area contributed by atoms with Gasteiger partial charge in [0.15, 0.2) is 0 Å². The maximum Gasteiger partial charge on any atom is 0.221 e. The van der Waals surface area contributed by atoms with Crippen LogP contribution >= 0.6 is 11.8 Å². The van der Waals surface area contributed by atoms with Crippen LogP contribution in [0, 0.1) is 0 Å². The van der Waals surface area contributed by atoms with Gasteiger partial charge in [-0.1, -0.05) is 72.4 Å². The molecule has 0 aliphatic rings. The van der Waals surface area contributed by atoms with Crippen molar-refractivity contribution in [1.29, 1.82) is 0 Å². The smallest absolute Gasteiger partial charge is 0.221 e. The van der Waals surface area contributed by atoms with E-state index >= 15 is 0 Å². The highest BCUT2D eigenvalue weighted by atomic mass is 32.2. The summed E-state index contributed by atoms with van der Waals surface area (Å²) < 4.78 is 1.60. The van der Waals surface area contributed by atoms with Crippen molar-refractivity contribution in [3.8, 4) is 0 Å². The number of amides is 1. The molecule has 0 aliphatic heterocycles. The second-order valence-corrected chi connectivity index (χ2v) is 6.57. The van der Waals surface area contributed by atoms with Gasteiger partial charge >= 0.3 is 0 Å². The first-order valence-electron chi connectivity index (χ1n) is 7.98. The third kappa shape index (κ3) is 4.67. The van der Waals surface area contributed by atoms with E-state index in [2.05, 4.69) is 20.8 Å². The molecule has 1 aromatic heterocycles. The number of carbonyl (C=O) groups excluding carboxylic acids is 1. The Bertz CT molecular complexity index is 767. The van der Waals surface area contributed by atoms with Crippen LogP contribution in [0.25, 0.3) is 0 Å². The highest BCUT2D eigenvalue weighted by Crippen LogP contribution is 2.22. The number of hydrogen-bond donors (Lipinski definition) is 1. The molecular formula is C18H19N5OS. The summed E-state index contributed by atoms with van der Waals surface area (Å²) >= 11 is 1.47. The zero-order valence-corrected chi connectivity index (χ0v) is 14.7. The molecular weight excluding hydrogens is 334 g/mol. The van der Waals surface area contributed by atoms with Crippen LogP contribution < -0.4 is 5.32 Å². The summed E-state index contributed by atoms with van der Waals surface area (Å²) in [5, 5.41) is 15.1. The van der Waals surface area contributed by atoms with Gasteiger partial charge in [0.2, 0.25) is 11.1 Å². The second kappa shape index (κ2) is 8.43. The Morgan fingerprint density at radius 2 is 1.68 bits per heavy atom. The van der Waals surface area contributed by atoms with Crippen LogP contribution in [0.15, 0.2) is 65.8 Å². The largest absolute Gasteiger partial charge is 0.345 e. The minimum Gasteiger partial charge on any atom is -0.345 e. The van der Waals surface area contributed by atoms with Gasteiger partial charge in [-0.2, -0.15) is 0 Å². The molecule has 128 valence electrons. The molecule has 2 aromatic carbocycles. The number of nitrogens with one attached hydrogen (secondary N) is 1. The molecule has 1 heterocycles. The van der Waals surface area contributed by atoms with Gasteiger partial charge < -0.3 is 5.32 Å². The number of benzene rings is 2. The van der Waals surface area contributed by atoms with E-state index in [1.165, 1.54) is 11.8 Å². The predicted octanol–water partition coefficient (Wildman–Crippen LogP) is 2.60. The lowest BCUT2D eigenvalue weighted by Gasteiger charge is -2.20. The molecule has 0 unspecified atom stereocenters. The number of nitrogens with zero attached hydrogens (tertiary/aromatic N) is 4. The van der Waals surface area contributed by atoms with Crippen LogP contribution in [0.4, 0.5) is 0 Å². The number of hydrogen-bond acceptors (Lipinski definition) is 5. The first kappa shape index (κ1) is 17.2. The Morgan fingerprint density at radius 3 is 2.20 bits per heavy atom. The molecule has 0 radical (unpaired) electrons. The molecule has 0 fully saturated rings. The lowest BCUT2D eigenvalue weighted by molar-refractivity contribution is -0.121. The number of carbonyl (C=O) groups is 1. The Kier molecular flexibility index (Phi) is 5.79. The number of aromatic nitrogens is 4. The van der Waals surface area contributed by atoms with Crippen LogP contribution in [-0.2, 0) is 11.8 Å². The van der Waals surface area contributed by atoms with Crippen molar-refractivity contribution in [2.24, 2.45) is 7.05 Å². The van der Waals surface area contributed by atoms with Crippen molar-refractivity contribution in [2.75, 3.05) is 5.75 Å². The molecule has 0 aliphatic carbocycles. The number of thioether (sulfide) groups is 1. The molecule has 25 heavy (non-hydrogen) atoms. The van der Waals surface area contributed by atoms with E-state index < -0.39 is 0 Å². The van der Waals surface area contributed by atoms with Gasteiger partial charge in [0, 0.05) is 19.2 Å². The van der Waals surface area contributed by atoms with Gasteiger partial charge in [0.25, 0.3) is 0 Å². The van der Waals surface area contributed by atoms with Crippen molar-refractivity contribution in [1.82, 2.24) is 25.5 Å². The fourth-order valence-electron chi connectivity index (χ4n) is 2.46. The van der Waals surface area contributed by atoms with E-state index in [1.54, 1.807) is 11.7 Å². The SMILES string of the molecule is Cn1nnnc1SCCC(=O)NC(c1ccccc1)c1ccccc1. The first-order chi connectivity index (χ1) is 12.2. The third-order valence-corrected chi connectivity index (χ3v) is 4.73. The van der Waals surface area contributed by atoms with Gasteiger partial charge in [0.1, 0.15) is 0 Å². The fraction of sp³-hybridized carbons (Fsp3) is 0.222. The Hall–Kier alpha value is -2.67. The molecule has 0 bridgehead atoms. The van der Waals surface area contributed by atoms with Gasteiger partial charge in [-0.3, -0.25) is 4.79 Å². The number of rotatable bonds is 7. The lowest BCUT2D eigenvalue weighted by Crippen LogP contribution is -2.29. The quantitative estimate of drug-likeness (QED) is 0.661. The monoisotopic (exact) mass is 353 g/mol. The van der Waals surface area contributed by atoms with E-state index in [9.17, 15) is 4.79 Å². The summed E-state index contributed by atoms with van der Waals surface area (Å²) in [6, 6.07) is 19.8. The van der Waals surface area contributed by atoms with Gasteiger partial charge in [0.05, 0.1) is 6.04 Å². The molecule has 6 nitrogen and oxygen atoms in total. The summed E-state index contributed by atoms with van der Waals surface area (Å²) in [5.74, 6) is 0.622. The minimum atomic E-state index is -0.156. The maximum absolute atomic E-state index is 12.4. The molecule has 3 aromatic rings. The second-order valence-electron chi connectivity index (χ2n) is 5.51. The van der Waals surface area contributed by atoms with E-state index in [-0.39, 0.29) is 11.9 Å². The van der Waals surface area contributed by atoms with E-state index in [0.717, 1.165) is 11.1 Å². The molecule has 0 saturated heterocycles. The lowest BCUT2D eigenvalue weighted by atomic mass is 9.98. The maximum atomic E-state index is 12.4. The molecule has 0 atom stereocenters. The van der Waals surface area contributed by atoms with Crippen LogP contribution in [0.5, 0.6) is 0 Å². The van der Waals surface area contributed by atoms with Gasteiger partial charge in [-0.15, -0.1) is 5.10 Å². The van der Waals surface area contributed by atoms with Crippen molar-refractivity contribution >= 4 is 17.7 Å². The topological polar surface area (TPSA) is 72.7 Å². The van der Waals surface area contributed by atoms with Crippen LogP contribution in [0.2, 0.25) is 0 Å². The average Bonchev–Trinajstić information content (AvgIpc) is 3.06.